The number of allylic oxidation sites excluding steroid dienone is 1. The minimum atomic E-state index is -0.387. The summed E-state index contributed by atoms with van der Waals surface area (Å²) in [6.45, 7) is 0. The zero-order valence-corrected chi connectivity index (χ0v) is 13.8. The zero-order chi connectivity index (χ0) is 17.0. The van der Waals surface area contributed by atoms with Gasteiger partial charge in [0.2, 0.25) is 5.96 Å². The van der Waals surface area contributed by atoms with E-state index < -0.39 is 0 Å². The molecule has 2 aromatic rings. The molecule has 4 nitrogen and oxygen atoms in total. The van der Waals surface area contributed by atoms with E-state index in [1.165, 1.54) is 0 Å². The van der Waals surface area contributed by atoms with Crippen molar-refractivity contribution in [1.82, 2.24) is 4.90 Å². The molecule has 1 unspecified atom stereocenters. The summed E-state index contributed by atoms with van der Waals surface area (Å²) in [5.41, 5.74) is 4.13. The third kappa shape index (κ3) is 2.04. The van der Waals surface area contributed by atoms with Gasteiger partial charge < -0.3 is 0 Å². The van der Waals surface area contributed by atoms with E-state index >= 15 is 0 Å². The van der Waals surface area contributed by atoms with Gasteiger partial charge in [0.1, 0.15) is 6.04 Å². The summed E-state index contributed by atoms with van der Waals surface area (Å²) in [5.74, 6) is 0.613. The predicted molar refractivity (Wildman–Crippen MR) is 98.8 cm³/mol. The molecule has 25 heavy (non-hydrogen) atoms. The summed E-state index contributed by atoms with van der Waals surface area (Å²) in [6, 6.07) is 14.8. The Morgan fingerprint density at radius 1 is 1.00 bits per heavy atom. The average molecular weight is 346 g/mol. The molecule has 0 saturated carbocycles. The molecule has 2 aliphatic heterocycles. The van der Waals surface area contributed by atoms with Gasteiger partial charge in [0.15, 0.2) is 5.78 Å². The highest BCUT2D eigenvalue weighted by Crippen LogP contribution is 2.46. The normalized spacial score (nSPS) is 20.4. The first-order valence-electron chi connectivity index (χ1n) is 7.95. The molecular weight excluding hydrogens is 334 g/mol. The van der Waals surface area contributed by atoms with E-state index in [9.17, 15) is 4.79 Å². The quantitative estimate of drug-likeness (QED) is 0.775. The number of hydrogen-bond donors (Lipinski definition) is 0. The van der Waals surface area contributed by atoms with E-state index in [1.807, 2.05) is 65.7 Å². The van der Waals surface area contributed by atoms with Crippen molar-refractivity contribution in [3.05, 3.63) is 88.1 Å². The van der Waals surface area contributed by atoms with Crippen LogP contribution in [-0.2, 0) is 0 Å². The SMILES string of the molecule is O=C1C2=C(c3ccccc31)N1C=CC=NC1=NC2c1ccc(Cl)cc1. The summed E-state index contributed by atoms with van der Waals surface area (Å²) in [4.78, 5) is 24.2. The van der Waals surface area contributed by atoms with Gasteiger partial charge in [0, 0.05) is 28.6 Å². The average Bonchev–Trinajstić information content (AvgIpc) is 2.96. The summed E-state index contributed by atoms with van der Waals surface area (Å²) in [5, 5.41) is 0.655. The number of ketones is 1. The number of carbonyl (C=O) groups is 1. The number of benzene rings is 2. The molecule has 5 heteroatoms. The molecule has 0 spiro atoms. The molecule has 120 valence electrons. The van der Waals surface area contributed by atoms with Crippen molar-refractivity contribution >= 4 is 35.3 Å². The van der Waals surface area contributed by atoms with Crippen molar-refractivity contribution in [2.45, 2.75) is 6.04 Å². The largest absolute Gasteiger partial charge is 0.289 e. The monoisotopic (exact) mass is 345 g/mol. The fourth-order valence-electron chi connectivity index (χ4n) is 3.50. The van der Waals surface area contributed by atoms with Crippen LogP contribution < -0.4 is 0 Å². The van der Waals surface area contributed by atoms with Crippen LogP contribution >= 0.6 is 11.6 Å². The van der Waals surface area contributed by atoms with Crippen LogP contribution in [0.1, 0.15) is 27.5 Å². The minimum absolute atomic E-state index is 0.0244. The minimum Gasteiger partial charge on any atom is -0.289 e. The lowest BCUT2D eigenvalue weighted by atomic mass is 9.95. The summed E-state index contributed by atoms with van der Waals surface area (Å²) in [6.07, 6.45) is 5.45. The molecule has 1 atom stereocenters. The Kier molecular flexibility index (Phi) is 3.02. The summed E-state index contributed by atoms with van der Waals surface area (Å²) >= 11 is 6.02. The van der Waals surface area contributed by atoms with E-state index in [2.05, 4.69) is 4.99 Å². The maximum absolute atomic E-state index is 13.1. The highest BCUT2D eigenvalue weighted by atomic mass is 35.5. The highest BCUT2D eigenvalue weighted by Gasteiger charge is 2.41. The van der Waals surface area contributed by atoms with Crippen LogP contribution in [-0.4, -0.2) is 22.9 Å². The lowest BCUT2D eigenvalue weighted by Gasteiger charge is -2.31. The van der Waals surface area contributed by atoms with Crippen LogP contribution in [0, 0.1) is 0 Å². The number of nitrogens with zero attached hydrogens (tertiary/aromatic N) is 3. The topological polar surface area (TPSA) is 45.0 Å². The van der Waals surface area contributed by atoms with Gasteiger partial charge in [-0.05, 0) is 23.8 Å². The van der Waals surface area contributed by atoms with Crippen LogP contribution in [0.15, 0.2) is 76.4 Å². The van der Waals surface area contributed by atoms with Crippen molar-refractivity contribution in [2.75, 3.05) is 0 Å². The van der Waals surface area contributed by atoms with Crippen molar-refractivity contribution in [3.63, 3.8) is 0 Å². The number of aliphatic imine (C=N–C) groups is 2. The van der Waals surface area contributed by atoms with Gasteiger partial charge in [-0.2, -0.15) is 0 Å². The van der Waals surface area contributed by atoms with E-state index in [0.29, 0.717) is 22.1 Å². The van der Waals surface area contributed by atoms with Gasteiger partial charge in [-0.25, -0.2) is 9.98 Å². The number of hydrogen-bond acceptors (Lipinski definition) is 4. The van der Waals surface area contributed by atoms with E-state index in [0.717, 1.165) is 16.8 Å². The Morgan fingerprint density at radius 2 is 1.76 bits per heavy atom. The molecule has 0 amide bonds. The third-order valence-corrected chi connectivity index (χ3v) is 4.85. The van der Waals surface area contributed by atoms with Gasteiger partial charge in [-0.3, -0.25) is 9.69 Å². The smallest absolute Gasteiger partial charge is 0.230 e. The van der Waals surface area contributed by atoms with Crippen molar-refractivity contribution < 1.29 is 4.79 Å². The second-order valence-electron chi connectivity index (χ2n) is 6.01. The van der Waals surface area contributed by atoms with E-state index in [4.69, 9.17) is 16.6 Å². The highest BCUT2D eigenvalue weighted by molar-refractivity contribution is 6.30. The van der Waals surface area contributed by atoms with Crippen molar-refractivity contribution in [3.8, 4) is 0 Å². The molecule has 1 aliphatic carbocycles. The van der Waals surface area contributed by atoms with Crippen LogP contribution in [0.4, 0.5) is 0 Å². The molecule has 0 aromatic heterocycles. The standard InChI is InChI=1S/C20H12ClN3O/c21-13-8-6-12(7-9-13)17-16-18(24-11-3-10-22-20(24)23-17)14-4-1-2-5-15(14)19(16)25/h1-11,17H. The summed E-state index contributed by atoms with van der Waals surface area (Å²) < 4.78 is 0. The third-order valence-electron chi connectivity index (χ3n) is 4.60. The molecule has 0 saturated heterocycles. The number of rotatable bonds is 1. The van der Waals surface area contributed by atoms with Crippen LogP contribution in [0.3, 0.4) is 0 Å². The Morgan fingerprint density at radius 3 is 2.56 bits per heavy atom. The molecular formula is C20H12ClN3O. The Bertz CT molecular complexity index is 1030. The molecule has 3 aliphatic rings. The summed E-state index contributed by atoms with van der Waals surface area (Å²) in [7, 11) is 0. The molecule has 0 N–H and O–H groups in total. The Balaban J connectivity index is 1.75. The van der Waals surface area contributed by atoms with Crippen LogP contribution in [0.25, 0.3) is 5.70 Å². The first kappa shape index (κ1) is 14.4. The Hall–Kier alpha value is -2.98. The van der Waals surface area contributed by atoms with Gasteiger partial charge in [-0.15, -0.1) is 0 Å². The van der Waals surface area contributed by atoms with E-state index in [1.54, 1.807) is 6.21 Å². The lowest BCUT2D eigenvalue weighted by Crippen LogP contribution is -2.30. The van der Waals surface area contributed by atoms with Gasteiger partial charge in [0.25, 0.3) is 0 Å². The fraction of sp³-hybridized carbons (Fsp3) is 0.0500. The van der Waals surface area contributed by atoms with Crippen LogP contribution in [0.2, 0.25) is 5.02 Å². The molecule has 2 heterocycles. The van der Waals surface area contributed by atoms with Gasteiger partial charge in [0.05, 0.1) is 11.3 Å². The predicted octanol–water partition coefficient (Wildman–Crippen LogP) is 4.26. The maximum atomic E-state index is 13.1. The zero-order valence-electron chi connectivity index (χ0n) is 13.1. The number of halogens is 1. The molecule has 0 radical (unpaired) electrons. The number of carbonyl (C=O) groups excluding carboxylic acids is 1. The number of Topliss-reactive ketones (excluding diaryl/α,β-unsaturated/α-hetero) is 1. The van der Waals surface area contributed by atoms with Crippen LogP contribution in [0.5, 0.6) is 0 Å². The van der Waals surface area contributed by atoms with Gasteiger partial charge >= 0.3 is 0 Å². The van der Waals surface area contributed by atoms with Crippen molar-refractivity contribution in [2.24, 2.45) is 9.98 Å². The molecule has 0 fully saturated rings. The number of guanidine groups is 1. The Labute approximate surface area is 149 Å². The maximum Gasteiger partial charge on any atom is 0.230 e. The van der Waals surface area contributed by atoms with E-state index in [-0.39, 0.29) is 11.8 Å². The molecule has 5 rings (SSSR count). The second kappa shape index (κ2) is 5.26. The van der Waals surface area contributed by atoms with Gasteiger partial charge in [-0.1, -0.05) is 48.0 Å². The number of fused-ring (bicyclic) bond motifs is 4. The molecule has 0 bridgehead atoms. The first-order chi connectivity index (χ1) is 12.2. The first-order valence-corrected chi connectivity index (χ1v) is 8.33. The second-order valence-corrected chi connectivity index (χ2v) is 6.45. The molecule has 2 aromatic carbocycles. The van der Waals surface area contributed by atoms with Crippen molar-refractivity contribution in [1.29, 1.82) is 0 Å². The lowest BCUT2D eigenvalue weighted by molar-refractivity contribution is 0.103. The fourth-order valence-corrected chi connectivity index (χ4v) is 3.62.